The average Bonchev–Trinajstić information content (AvgIpc) is 3.27. The minimum atomic E-state index is -0.337. The minimum Gasteiger partial charge on any atom is -0.493 e. The molecular weight excluding hydrogens is 519 g/mol. The Morgan fingerprint density at radius 1 is 1.00 bits per heavy atom. The molecule has 2 aliphatic rings. The molecular formula is C26H32Cl2N4O5. The lowest BCUT2D eigenvalue weighted by Crippen LogP contribution is -2.38. The lowest BCUT2D eigenvalue weighted by Gasteiger charge is -2.27. The summed E-state index contributed by atoms with van der Waals surface area (Å²) in [5.41, 5.74) is 2.90. The highest BCUT2D eigenvalue weighted by Gasteiger charge is 2.28. The zero-order valence-corrected chi connectivity index (χ0v) is 22.8. The van der Waals surface area contributed by atoms with Crippen molar-refractivity contribution >= 4 is 47.5 Å². The molecule has 37 heavy (non-hydrogen) atoms. The van der Waals surface area contributed by atoms with E-state index in [1.165, 1.54) is 0 Å². The number of rotatable bonds is 8. The monoisotopic (exact) mass is 550 g/mol. The van der Waals surface area contributed by atoms with E-state index >= 15 is 0 Å². The number of cyclic esters (lactones) is 1. The van der Waals surface area contributed by atoms with Gasteiger partial charge >= 0.3 is 5.97 Å². The van der Waals surface area contributed by atoms with Crippen LogP contribution in [0, 0.1) is 0 Å². The van der Waals surface area contributed by atoms with Gasteiger partial charge in [0.15, 0.2) is 11.5 Å². The highest BCUT2D eigenvalue weighted by molar-refractivity contribution is 6.11. The van der Waals surface area contributed by atoms with Crippen molar-refractivity contribution in [2.24, 2.45) is 0 Å². The van der Waals surface area contributed by atoms with Crippen LogP contribution in [0.15, 0.2) is 30.6 Å². The average molecular weight is 551 g/mol. The number of benzene rings is 2. The number of morpholine rings is 1. The van der Waals surface area contributed by atoms with Crippen LogP contribution in [0.4, 0.5) is 5.95 Å². The molecule has 0 spiro atoms. The first-order chi connectivity index (χ1) is 17.1. The molecule has 0 unspecified atom stereocenters. The summed E-state index contributed by atoms with van der Waals surface area (Å²) < 4.78 is 21.8. The number of fused-ring (bicyclic) bond motifs is 2. The Balaban J connectivity index is 0.00000190. The molecule has 0 aliphatic carbocycles. The smallest absolute Gasteiger partial charge is 0.339 e. The van der Waals surface area contributed by atoms with Gasteiger partial charge in [-0.15, -0.1) is 24.8 Å². The number of nitrogens with zero attached hydrogens (tertiary/aromatic N) is 4. The Labute approximate surface area is 228 Å². The van der Waals surface area contributed by atoms with Crippen LogP contribution in [0.25, 0.3) is 21.9 Å². The molecule has 200 valence electrons. The van der Waals surface area contributed by atoms with E-state index in [1.54, 1.807) is 26.6 Å². The third-order valence-corrected chi connectivity index (χ3v) is 6.63. The number of carbonyl (C=O) groups excluding carboxylic acids is 1. The summed E-state index contributed by atoms with van der Waals surface area (Å²) in [6.45, 7) is 5.73. The van der Waals surface area contributed by atoms with Gasteiger partial charge in [-0.25, -0.2) is 14.8 Å². The Morgan fingerprint density at radius 2 is 1.68 bits per heavy atom. The van der Waals surface area contributed by atoms with Crippen molar-refractivity contribution in [3.63, 3.8) is 0 Å². The molecule has 0 atom stereocenters. The molecule has 5 rings (SSSR count). The van der Waals surface area contributed by atoms with Gasteiger partial charge < -0.3 is 23.8 Å². The van der Waals surface area contributed by atoms with E-state index in [0.717, 1.165) is 73.3 Å². The zero-order valence-electron chi connectivity index (χ0n) is 21.2. The van der Waals surface area contributed by atoms with Gasteiger partial charge in [0.05, 0.1) is 33.0 Å². The van der Waals surface area contributed by atoms with Crippen LogP contribution in [0.1, 0.15) is 22.3 Å². The van der Waals surface area contributed by atoms with Crippen LogP contribution in [-0.2, 0) is 16.1 Å². The molecule has 9 nitrogen and oxygen atoms in total. The zero-order chi connectivity index (χ0) is 24.4. The summed E-state index contributed by atoms with van der Waals surface area (Å²) in [4.78, 5) is 26.4. The summed E-state index contributed by atoms with van der Waals surface area (Å²) in [5.74, 6) is 1.52. The Bertz CT molecular complexity index is 1240. The van der Waals surface area contributed by atoms with Crippen LogP contribution in [0.2, 0.25) is 0 Å². The van der Waals surface area contributed by atoms with Crippen LogP contribution < -0.4 is 14.4 Å². The van der Waals surface area contributed by atoms with E-state index in [0.29, 0.717) is 23.0 Å². The molecule has 3 heterocycles. The molecule has 1 aromatic heterocycles. The number of methoxy groups -OCH3 is 2. The fourth-order valence-corrected chi connectivity index (χ4v) is 4.75. The second kappa shape index (κ2) is 12.6. The number of carbonyl (C=O) groups is 1. The predicted molar refractivity (Wildman–Crippen MR) is 147 cm³/mol. The number of esters is 1. The molecule has 0 bridgehead atoms. The second-order valence-electron chi connectivity index (χ2n) is 8.79. The third kappa shape index (κ3) is 5.85. The van der Waals surface area contributed by atoms with Crippen LogP contribution in [0.3, 0.4) is 0 Å². The fourth-order valence-electron chi connectivity index (χ4n) is 4.75. The third-order valence-electron chi connectivity index (χ3n) is 6.63. The van der Waals surface area contributed by atoms with Gasteiger partial charge in [-0.1, -0.05) is 0 Å². The number of hydrogen-bond donors (Lipinski definition) is 0. The molecule has 0 radical (unpaired) electrons. The van der Waals surface area contributed by atoms with Gasteiger partial charge in [0.2, 0.25) is 5.95 Å². The molecule has 0 saturated carbocycles. The first-order valence-corrected chi connectivity index (χ1v) is 11.8. The maximum absolute atomic E-state index is 12.7. The van der Waals surface area contributed by atoms with E-state index in [4.69, 9.17) is 18.9 Å². The van der Waals surface area contributed by atoms with Crippen LogP contribution in [0.5, 0.6) is 11.5 Å². The normalized spacial score (nSPS) is 14.8. The Morgan fingerprint density at radius 3 is 2.35 bits per heavy atom. The minimum absolute atomic E-state index is 0. The highest BCUT2D eigenvalue weighted by Crippen LogP contribution is 2.42. The number of hydrogen-bond acceptors (Lipinski definition) is 9. The second-order valence-corrected chi connectivity index (χ2v) is 8.79. The van der Waals surface area contributed by atoms with E-state index in [2.05, 4.69) is 19.8 Å². The summed E-state index contributed by atoms with van der Waals surface area (Å²) >= 11 is 0. The molecule has 2 aromatic carbocycles. The van der Waals surface area contributed by atoms with E-state index in [1.807, 2.05) is 25.2 Å². The topological polar surface area (TPSA) is 86.3 Å². The fraction of sp³-hybridized carbons (Fsp3) is 0.423. The number of halogens is 2. The predicted octanol–water partition coefficient (Wildman–Crippen LogP) is 3.99. The lowest BCUT2D eigenvalue weighted by atomic mass is 9.91. The van der Waals surface area contributed by atoms with Crippen LogP contribution in [-0.4, -0.2) is 81.5 Å². The molecule has 0 N–H and O–H groups in total. The quantitative estimate of drug-likeness (QED) is 0.386. The van der Waals surface area contributed by atoms with E-state index < -0.39 is 0 Å². The number of ether oxygens (including phenoxy) is 4. The van der Waals surface area contributed by atoms with Crippen molar-refractivity contribution < 1.29 is 23.7 Å². The molecule has 3 aromatic rings. The molecule has 1 fully saturated rings. The highest BCUT2D eigenvalue weighted by atomic mass is 35.5. The standard InChI is InChI=1S/C26H30N4O5.2ClH/c1-29(5-4-6-30-7-9-34-10-8-30)26-27-14-19(15-28-26)23-20-13-22(33-3)21(32-2)12-17(20)11-18-16-35-25(31)24(18)23;;/h11-15H,4-10,16H2,1-3H3;2*1H. The molecule has 1 saturated heterocycles. The van der Waals surface area contributed by atoms with Gasteiger partial charge in [0, 0.05) is 62.3 Å². The first-order valence-electron chi connectivity index (χ1n) is 11.8. The first kappa shape index (κ1) is 28.7. The van der Waals surface area contributed by atoms with Crippen molar-refractivity contribution in [3.05, 3.63) is 41.7 Å². The lowest BCUT2D eigenvalue weighted by molar-refractivity contribution is 0.0377. The maximum Gasteiger partial charge on any atom is 0.339 e. The largest absolute Gasteiger partial charge is 0.493 e. The van der Waals surface area contributed by atoms with Gasteiger partial charge in [-0.2, -0.15) is 0 Å². The van der Waals surface area contributed by atoms with Gasteiger partial charge in [-0.05, 0) is 35.4 Å². The van der Waals surface area contributed by atoms with Crippen molar-refractivity contribution in [2.75, 3.05) is 65.6 Å². The Hall–Kier alpha value is -2.85. The number of anilines is 1. The molecule has 11 heteroatoms. The molecule has 0 amide bonds. The van der Waals surface area contributed by atoms with Crippen molar-refractivity contribution in [2.45, 2.75) is 13.0 Å². The van der Waals surface area contributed by atoms with Gasteiger partial charge in [-0.3, -0.25) is 4.90 Å². The SMILES string of the molecule is COc1cc2cc3c(c(-c4cnc(N(C)CCCN5CCOCC5)nc4)c2cc1OC)C(=O)OC3.Cl.Cl. The molecule has 2 aliphatic heterocycles. The van der Waals surface area contributed by atoms with Gasteiger partial charge in [0.25, 0.3) is 0 Å². The van der Waals surface area contributed by atoms with E-state index in [-0.39, 0.29) is 37.4 Å². The van der Waals surface area contributed by atoms with Crippen molar-refractivity contribution in [1.82, 2.24) is 14.9 Å². The summed E-state index contributed by atoms with van der Waals surface area (Å²) in [6, 6.07) is 5.78. The number of aromatic nitrogens is 2. The van der Waals surface area contributed by atoms with Crippen LogP contribution >= 0.6 is 24.8 Å². The maximum atomic E-state index is 12.7. The Kier molecular flexibility index (Phi) is 9.78. The van der Waals surface area contributed by atoms with Gasteiger partial charge in [0.1, 0.15) is 6.61 Å². The summed E-state index contributed by atoms with van der Waals surface area (Å²) in [6.07, 6.45) is 4.57. The van der Waals surface area contributed by atoms with E-state index in [9.17, 15) is 4.79 Å². The summed E-state index contributed by atoms with van der Waals surface area (Å²) in [5, 5.41) is 1.79. The summed E-state index contributed by atoms with van der Waals surface area (Å²) in [7, 11) is 5.20. The van der Waals surface area contributed by atoms with Crippen molar-refractivity contribution in [3.8, 4) is 22.6 Å². The van der Waals surface area contributed by atoms with Crippen molar-refractivity contribution in [1.29, 1.82) is 0 Å².